The molecule has 2 rings (SSSR count). The molecule has 7 heteroatoms. The summed E-state index contributed by atoms with van der Waals surface area (Å²) in [4.78, 5) is 42.8. The van der Waals surface area contributed by atoms with Crippen molar-refractivity contribution in [1.29, 1.82) is 0 Å². The number of ether oxygens (including phenoxy) is 1. The van der Waals surface area contributed by atoms with E-state index in [-0.39, 0.29) is 18.2 Å². The minimum absolute atomic E-state index is 0.237. The van der Waals surface area contributed by atoms with Gasteiger partial charge >= 0.3 is 6.09 Å². The highest BCUT2D eigenvalue weighted by atomic mass is 16.6. The molecule has 2 atom stereocenters. The number of hydrogen-bond donors (Lipinski definition) is 2. The van der Waals surface area contributed by atoms with Crippen LogP contribution >= 0.6 is 0 Å². The Balaban J connectivity index is 2.56. The third-order valence-corrected chi connectivity index (χ3v) is 6.30. The van der Waals surface area contributed by atoms with E-state index in [1.54, 1.807) is 25.7 Å². The first-order chi connectivity index (χ1) is 18.2. The molecule has 0 aliphatic carbocycles. The molecule has 0 bridgehead atoms. The second-order valence-corrected chi connectivity index (χ2v) is 12.0. The van der Waals surface area contributed by atoms with E-state index in [2.05, 4.69) is 17.6 Å². The number of hydrogen-bond acceptors (Lipinski definition) is 4. The SMILES string of the molecule is CCCCCNC(=O)C(c1ccccc1C)N(C(=O)C(Cc1ccccc1)NC(=O)OC(C)(C)C)C(C)(C)C. The number of alkyl carbamates (subject to hydrolysis) is 1. The first-order valence-corrected chi connectivity index (χ1v) is 13.9. The highest BCUT2D eigenvalue weighted by molar-refractivity contribution is 5.93. The quantitative estimate of drug-likeness (QED) is 0.339. The lowest BCUT2D eigenvalue weighted by Gasteiger charge is -2.43. The van der Waals surface area contributed by atoms with Gasteiger partial charge in [0, 0.05) is 18.5 Å². The predicted octanol–water partition coefficient (Wildman–Crippen LogP) is 6.11. The Morgan fingerprint density at radius 1 is 0.897 bits per heavy atom. The number of unbranched alkanes of at least 4 members (excludes halogenated alkanes) is 2. The lowest BCUT2D eigenvalue weighted by molar-refractivity contribution is -0.148. The Kier molecular flexibility index (Phi) is 11.6. The fraction of sp³-hybridized carbons (Fsp3) is 0.531. The van der Waals surface area contributed by atoms with Gasteiger partial charge in [-0.3, -0.25) is 9.59 Å². The molecule has 0 saturated heterocycles. The molecule has 3 amide bonds. The molecular formula is C32H47N3O4. The molecule has 0 spiro atoms. The van der Waals surface area contributed by atoms with Gasteiger partial charge in [-0.15, -0.1) is 0 Å². The van der Waals surface area contributed by atoms with Gasteiger partial charge < -0.3 is 20.3 Å². The zero-order valence-corrected chi connectivity index (χ0v) is 25.0. The number of benzene rings is 2. The number of nitrogens with zero attached hydrogens (tertiary/aromatic N) is 1. The van der Waals surface area contributed by atoms with E-state index in [4.69, 9.17) is 4.74 Å². The summed E-state index contributed by atoms with van der Waals surface area (Å²) in [6.07, 6.45) is 2.49. The Hall–Kier alpha value is -3.35. The Bertz CT molecular complexity index is 1090. The number of rotatable bonds is 11. The smallest absolute Gasteiger partial charge is 0.408 e. The zero-order chi connectivity index (χ0) is 29.2. The maximum absolute atomic E-state index is 14.5. The summed E-state index contributed by atoms with van der Waals surface area (Å²) in [5.74, 6) is -0.589. The highest BCUT2D eigenvalue weighted by Gasteiger charge is 2.42. The lowest BCUT2D eigenvalue weighted by Crippen LogP contribution is -2.59. The van der Waals surface area contributed by atoms with Crippen LogP contribution in [0.25, 0.3) is 0 Å². The summed E-state index contributed by atoms with van der Waals surface area (Å²) in [6, 6.07) is 15.3. The van der Waals surface area contributed by atoms with E-state index < -0.39 is 29.3 Å². The fourth-order valence-corrected chi connectivity index (χ4v) is 4.49. The van der Waals surface area contributed by atoms with Crippen molar-refractivity contribution >= 4 is 17.9 Å². The molecule has 0 aliphatic rings. The van der Waals surface area contributed by atoms with Crippen LogP contribution < -0.4 is 10.6 Å². The largest absolute Gasteiger partial charge is 0.444 e. The standard InChI is InChI=1S/C32H47N3O4/c1-9-10-16-21-33-28(36)27(25-20-15-14-17-23(25)2)35(31(3,4)5)29(37)26(22-24-18-12-11-13-19-24)34-30(38)39-32(6,7)8/h11-15,17-20,26-27H,9-10,16,21-22H2,1-8H3,(H,33,36)(H,34,38). The van der Waals surface area contributed by atoms with Crippen molar-refractivity contribution in [2.45, 2.75) is 104 Å². The van der Waals surface area contributed by atoms with Crippen molar-refractivity contribution < 1.29 is 19.1 Å². The van der Waals surface area contributed by atoms with Gasteiger partial charge in [0.1, 0.15) is 17.7 Å². The van der Waals surface area contributed by atoms with Gasteiger partial charge in [0.05, 0.1) is 0 Å². The van der Waals surface area contributed by atoms with Crippen LogP contribution in [0, 0.1) is 6.92 Å². The highest BCUT2D eigenvalue weighted by Crippen LogP contribution is 2.32. The van der Waals surface area contributed by atoms with Crippen molar-refractivity contribution in [3.63, 3.8) is 0 Å². The lowest BCUT2D eigenvalue weighted by atomic mass is 9.92. The van der Waals surface area contributed by atoms with E-state index in [0.29, 0.717) is 6.54 Å². The third-order valence-electron chi connectivity index (χ3n) is 6.30. The van der Waals surface area contributed by atoms with Gasteiger partial charge in [0.2, 0.25) is 11.8 Å². The summed E-state index contributed by atoms with van der Waals surface area (Å²) in [7, 11) is 0. The van der Waals surface area contributed by atoms with Gasteiger partial charge in [-0.2, -0.15) is 0 Å². The molecule has 2 aromatic rings. The molecule has 7 nitrogen and oxygen atoms in total. The molecule has 0 saturated carbocycles. The second-order valence-electron chi connectivity index (χ2n) is 12.0. The monoisotopic (exact) mass is 537 g/mol. The van der Waals surface area contributed by atoms with Gasteiger partial charge in [-0.05, 0) is 71.6 Å². The molecule has 2 unspecified atom stereocenters. The summed E-state index contributed by atoms with van der Waals surface area (Å²) in [5, 5.41) is 5.88. The van der Waals surface area contributed by atoms with Gasteiger partial charge in [-0.1, -0.05) is 74.4 Å². The molecular weight excluding hydrogens is 490 g/mol. The minimum atomic E-state index is -0.944. The average Bonchev–Trinajstić information content (AvgIpc) is 2.83. The maximum atomic E-state index is 14.5. The van der Waals surface area contributed by atoms with Crippen LogP contribution in [-0.2, 0) is 20.7 Å². The van der Waals surface area contributed by atoms with Gasteiger partial charge in [0.15, 0.2) is 0 Å². The Morgan fingerprint density at radius 3 is 2.08 bits per heavy atom. The van der Waals surface area contributed by atoms with E-state index in [1.165, 1.54) is 0 Å². The van der Waals surface area contributed by atoms with Gasteiger partial charge in [0.25, 0.3) is 0 Å². The van der Waals surface area contributed by atoms with Crippen molar-refractivity contribution in [2.24, 2.45) is 0 Å². The Labute approximate surface area is 234 Å². The second kappa shape index (κ2) is 14.2. The normalized spacial score (nSPS) is 13.2. The van der Waals surface area contributed by atoms with Crippen molar-refractivity contribution in [3.8, 4) is 0 Å². The first-order valence-electron chi connectivity index (χ1n) is 13.9. The van der Waals surface area contributed by atoms with E-state index in [1.807, 2.05) is 82.3 Å². The van der Waals surface area contributed by atoms with E-state index in [9.17, 15) is 14.4 Å². The van der Waals surface area contributed by atoms with Gasteiger partial charge in [-0.25, -0.2) is 4.79 Å². The first kappa shape index (κ1) is 31.9. The van der Waals surface area contributed by atoms with Crippen LogP contribution in [0.2, 0.25) is 0 Å². The number of aryl methyl sites for hydroxylation is 1. The number of carbonyl (C=O) groups excluding carboxylic acids is 3. The van der Waals surface area contributed by atoms with Crippen molar-refractivity contribution in [2.75, 3.05) is 6.54 Å². The third kappa shape index (κ3) is 10.0. The van der Waals surface area contributed by atoms with E-state index in [0.717, 1.165) is 36.0 Å². The van der Waals surface area contributed by atoms with Crippen LogP contribution in [0.3, 0.4) is 0 Å². The summed E-state index contributed by atoms with van der Waals surface area (Å²) in [5.41, 5.74) is 1.08. The summed E-state index contributed by atoms with van der Waals surface area (Å²) in [6.45, 7) is 15.7. The molecule has 0 aromatic heterocycles. The number of nitrogens with one attached hydrogen (secondary N) is 2. The molecule has 214 valence electrons. The molecule has 2 N–H and O–H groups in total. The number of carbonyl (C=O) groups is 3. The average molecular weight is 538 g/mol. The maximum Gasteiger partial charge on any atom is 0.408 e. The van der Waals surface area contributed by atoms with E-state index >= 15 is 0 Å². The molecule has 39 heavy (non-hydrogen) atoms. The van der Waals surface area contributed by atoms with Crippen LogP contribution in [0.1, 0.15) is 90.5 Å². The minimum Gasteiger partial charge on any atom is -0.444 e. The molecule has 0 heterocycles. The number of amides is 3. The van der Waals surface area contributed by atoms with Crippen LogP contribution in [-0.4, -0.2) is 46.5 Å². The predicted molar refractivity (Wildman–Crippen MR) is 156 cm³/mol. The van der Waals surface area contributed by atoms with Crippen LogP contribution in [0.4, 0.5) is 4.79 Å². The zero-order valence-electron chi connectivity index (χ0n) is 25.0. The van der Waals surface area contributed by atoms with Crippen molar-refractivity contribution in [1.82, 2.24) is 15.5 Å². The fourth-order valence-electron chi connectivity index (χ4n) is 4.49. The summed E-state index contributed by atoms with van der Waals surface area (Å²) >= 11 is 0. The Morgan fingerprint density at radius 2 is 1.51 bits per heavy atom. The molecule has 0 fully saturated rings. The van der Waals surface area contributed by atoms with Crippen molar-refractivity contribution in [3.05, 3.63) is 71.3 Å². The molecule has 0 radical (unpaired) electrons. The van der Waals surface area contributed by atoms with Crippen LogP contribution in [0.15, 0.2) is 54.6 Å². The topological polar surface area (TPSA) is 87.7 Å². The summed E-state index contributed by atoms with van der Waals surface area (Å²) < 4.78 is 5.51. The molecule has 2 aromatic carbocycles. The molecule has 0 aliphatic heterocycles. The van der Waals surface area contributed by atoms with Crippen LogP contribution in [0.5, 0.6) is 0 Å².